The standard InChI is InChI=1S/C36H50ClIN6O6/c1-34(2,3)49-32(45)42(18-15-22-13-10-9-11-14-22)16-12-17-43(33(46)50-35(4,5)6)20-23-19-25(28-27(23)47-36(7,8)48-28)44-21-24(38)26-29(39)40-31(37)41-30(26)44/h9-11,13-14,21,23,25,27-28H,12,15-20H2,1-8H3,(H2,39,40,41)/t23-,25-,27-,28+/m1/s1. The number of carbonyl (C=O) groups excluding carboxylic acids is 2. The lowest BCUT2D eigenvalue weighted by Crippen LogP contribution is -2.44. The smallest absolute Gasteiger partial charge is 0.410 e. The number of nitrogens with zero attached hydrogens (tertiary/aromatic N) is 5. The number of benzene rings is 1. The largest absolute Gasteiger partial charge is 0.444 e. The van der Waals surface area contributed by atoms with Crippen molar-refractivity contribution in [3.8, 4) is 0 Å². The van der Waals surface area contributed by atoms with Crippen LogP contribution in [-0.2, 0) is 25.4 Å². The van der Waals surface area contributed by atoms with E-state index in [1.165, 1.54) is 0 Å². The summed E-state index contributed by atoms with van der Waals surface area (Å²) in [4.78, 5) is 39.2. The van der Waals surface area contributed by atoms with Crippen molar-refractivity contribution < 1.29 is 28.5 Å². The highest BCUT2D eigenvalue weighted by Gasteiger charge is 2.55. The molecule has 4 atom stereocenters. The van der Waals surface area contributed by atoms with Gasteiger partial charge < -0.3 is 39.0 Å². The molecule has 50 heavy (non-hydrogen) atoms. The third kappa shape index (κ3) is 9.51. The SMILES string of the molecule is CC(C)(C)OC(=O)N(CCCN(C[C@H]1C[C@@H](n2cc(I)c3c(N)nc(Cl)nc32)[C@@H]2OC(C)(C)O[C@H]12)C(=O)OC(C)(C)C)CCc1ccccc1. The summed E-state index contributed by atoms with van der Waals surface area (Å²) in [6, 6.07) is 9.88. The van der Waals surface area contributed by atoms with Crippen molar-refractivity contribution in [1.29, 1.82) is 0 Å². The third-order valence-electron chi connectivity index (χ3n) is 8.66. The molecule has 3 heterocycles. The average Bonchev–Trinajstić information content (AvgIpc) is 3.60. The molecule has 12 nitrogen and oxygen atoms in total. The third-order valence-corrected chi connectivity index (χ3v) is 9.65. The lowest BCUT2D eigenvalue weighted by Gasteiger charge is -2.32. The first kappa shape index (κ1) is 38.4. The number of rotatable bonds is 10. The molecule has 2 aliphatic rings. The van der Waals surface area contributed by atoms with E-state index < -0.39 is 23.1 Å². The number of nitrogen functional groups attached to an aromatic ring is 1. The van der Waals surface area contributed by atoms with Crippen LogP contribution in [-0.4, -0.2) is 91.9 Å². The van der Waals surface area contributed by atoms with Crippen molar-refractivity contribution in [2.75, 3.05) is 31.9 Å². The van der Waals surface area contributed by atoms with E-state index in [4.69, 9.17) is 36.3 Å². The highest BCUT2D eigenvalue weighted by atomic mass is 127. The Bertz CT molecular complexity index is 1670. The maximum absolute atomic E-state index is 13.8. The van der Waals surface area contributed by atoms with Gasteiger partial charge in [-0.05, 0) is 114 Å². The number of fused-ring (bicyclic) bond motifs is 2. The molecule has 1 saturated heterocycles. The van der Waals surface area contributed by atoms with Gasteiger partial charge in [-0.25, -0.2) is 14.6 Å². The van der Waals surface area contributed by atoms with Crippen LogP contribution in [0.2, 0.25) is 5.28 Å². The van der Waals surface area contributed by atoms with Crippen molar-refractivity contribution in [1.82, 2.24) is 24.3 Å². The first-order chi connectivity index (χ1) is 23.3. The first-order valence-electron chi connectivity index (χ1n) is 17.1. The zero-order valence-corrected chi connectivity index (χ0v) is 33.2. The highest BCUT2D eigenvalue weighted by Crippen LogP contribution is 2.48. The fourth-order valence-electron chi connectivity index (χ4n) is 6.71. The van der Waals surface area contributed by atoms with Crippen LogP contribution in [0.25, 0.3) is 11.0 Å². The minimum Gasteiger partial charge on any atom is -0.444 e. The number of halogens is 2. The van der Waals surface area contributed by atoms with E-state index in [0.717, 1.165) is 14.5 Å². The normalized spacial score (nSPS) is 21.6. The molecule has 1 aliphatic carbocycles. The van der Waals surface area contributed by atoms with E-state index in [1.54, 1.807) is 9.80 Å². The number of hydrogen-bond acceptors (Lipinski definition) is 9. The van der Waals surface area contributed by atoms with Gasteiger partial charge in [0.25, 0.3) is 0 Å². The van der Waals surface area contributed by atoms with E-state index in [1.807, 2.05) is 91.9 Å². The Morgan fingerprint density at radius 1 is 0.980 bits per heavy atom. The zero-order valence-electron chi connectivity index (χ0n) is 30.2. The van der Waals surface area contributed by atoms with Gasteiger partial charge in [-0.2, -0.15) is 4.98 Å². The topological polar surface area (TPSA) is 134 Å². The summed E-state index contributed by atoms with van der Waals surface area (Å²) in [5.41, 5.74) is 6.70. The number of anilines is 1. The second-order valence-electron chi connectivity index (χ2n) is 15.6. The van der Waals surface area contributed by atoms with Crippen LogP contribution in [0.15, 0.2) is 36.5 Å². The number of hydrogen-bond donors (Lipinski definition) is 1. The molecule has 1 aliphatic heterocycles. The van der Waals surface area contributed by atoms with Crippen LogP contribution in [0, 0.1) is 9.49 Å². The summed E-state index contributed by atoms with van der Waals surface area (Å²) in [5.74, 6) is -0.597. The molecular weight excluding hydrogens is 775 g/mol. The van der Waals surface area contributed by atoms with Gasteiger partial charge in [-0.15, -0.1) is 0 Å². The van der Waals surface area contributed by atoms with Crippen LogP contribution in [0.3, 0.4) is 0 Å². The predicted octanol–water partition coefficient (Wildman–Crippen LogP) is 7.46. The number of nitrogens with two attached hydrogens (primary N) is 1. The number of aromatic nitrogens is 3. The van der Waals surface area contributed by atoms with Crippen LogP contribution in [0.1, 0.15) is 79.8 Å². The summed E-state index contributed by atoms with van der Waals surface area (Å²) in [6.45, 7) is 16.6. The maximum atomic E-state index is 13.8. The fourth-order valence-corrected chi connectivity index (χ4v) is 7.70. The molecule has 0 spiro atoms. The van der Waals surface area contributed by atoms with Crippen molar-refractivity contribution >= 4 is 63.2 Å². The molecule has 3 aromatic rings. The van der Waals surface area contributed by atoms with Crippen molar-refractivity contribution in [2.45, 2.75) is 110 Å². The number of amides is 2. The predicted molar refractivity (Wildman–Crippen MR) is 201 cm³/mol. The van der Waals surface area contributed by atoms with E-state index >= 15 is 0 Å². The molecule has 0 unspecified atom stereocenters. The Morgan fingerprint density at radius 3 is 2.22 bits per heavy atom. The van der Waals surface area contributed by atoms with Gasteiger partial charge in [0.2, 0.25) is 5.28 Å². The Labute approximate surface area is 313 Å². The molecule has 274 valence electrons. The average molecular weight is 825 g/mol. The molecular formula is C36H50ClIN6O6. The van der Waals surface area contributed by atoms with Crippen LogP contribution in [0.5, 0.6) is 0 Å². The molecule has 14 heteroatoms. The van der Waals surface area contributed by atoms with Gasteiger partial charge in [0.1, 0.15) is 28.8 Å². The summed E-state index contributed by atoms with van der Waals surface area (Å²) in [7, 11) is 0. The molecule has 2 amide bonds. The lowest BCUT2D eigenvalue weighted by atomic mass is 10.0. The van der Waals surface area contributed by atoms with Gasteiger partial charge >= 0.3 is 12.2 Å². The van der Waals surface area contributed by atoms with Crippen LogP contribution >= 0.6 is 34.2 Å². The fraction of sp³-hybridized carbons (Fsp3) is 0.611. The molecule has 5 rings (SSSR count). The van der Waals surface area contributed by atoms with E-state index in [-0.39, 0.29) is 35.5 Å². The quantitative estimate of drug-likeness (QED) is 0.163. The highest BCUT2D eigenvalue weighted by molar-refractivity contribution is 14.1. The Balaban J connectivity index is 1.36. The van der Waals surface area contributed by atoms with Crippen molar-refractivity contribution in [2.24, 2.45) is 5.92 Å². The van der Waals surface area contributed by atoms with E-state index in [2.05, 4.69) is 37.1 Å². The summed E-state index contributed by atoms with van der Waals surface area (Å²) >= 11 is 8.50. The Morgan fingerprint density at radius 2 is 1.58 bits per heavy atom. The zero-order chi connectivity index (χ0) is 36.6. The van der Waals surface area contributed by atoms with Gasteiger partial charge in [0, 0.05) is 41.9 Å². The van der Waals surface area contributed by atoms with Crippen molar-refractivity contribution in [3.05, 3.63) is 50.9 Å². The molecule has 2 fully saturated rings. The second kappa shape index (κ2) is 15.0. The molecule has 1 saturated carbocycles. The second-order valence-corrected chi connectivity index (χ2v) is 17.1. The molecule has 2 aromatic heterocycles. The van der Waals surface area contributed by atoms with Crippen LogP contribution < -0.4 is 5.73 Å². The molecule has 2 N–H and O–H groups in total. The van der Waals surface area contributed by atoms with Crippen molar-refractivity contribution in [3.63, 3.8) is 0 Å². The van der Waals surface area contributed by atoms with Gasteiger partial charge in [-0.1, -0.05) is 30.3 Å². The summed E-state index contributed by atoms with van der Waals surface area (Å²) in [5, 5.41) is 0.812. The Kier molecular flexibility index (Phi) is 11.5. The minimum absolute atomic E-state index is 0.0704. The molecule has 0 radical (unpaired) electrons. The van der Waals surface area contributed by atoms with E-state index in [9.17, 15) is 9.59 Å². The summed E-state index contributed by atoms with van der Waals surface area (Å²) in [6.07, 6.45) is 2.45. The van der Waals surface area contributed by atoms with Crippen LogP contribution in [0.4, 0.5) is 15.4 Å². The lowest BCUT2D eigenvalue weighted by molar-refractivity contribution is -0.160. The summed E-state index contributed by atoms with van der Waals surface area (Å²) < 4.78 is 27.6. The molecule has 0 bridgehead atoms. The van der Waals surface area contributed by atoms with E-state index in [0.29, 0.717) is 56.9 Å². The minimum atomic E-state index is -0.822. The van der Waals surface area contributed by atoms with Gasteiger partial charge in [-0.3, -0.25) is 0 Å². The maximum Gasteiger partial charge on any atom is 0.410 e. The monoisotopic (exact) mass is 824 g/mol. The molecule has 1 aromatic carbocycles. The number of carbonyl (C=O) groups is 2. The first-order valence-corrected chi connectivity index (χ1v) is 18.6. The number of ether oxygens (including phenoxy) is 4. The van der Waals surface area contributed by atoms with Gasteiger partial charge in [0.15, 0.2) is 5.79 Å². The Hall–Kier alpha value is -2.88. The van der Waals surface area contributed by atoms with Gasteiger partial charge in [0.05, 0.1) is 17.5 Å².